The van der Waals surface area contributed by atoms with Crippen molar-refractivity contribution < 1.29 is 13.9 Å². The zero-order valence-electron chi connectivity index (χ0n) is 16.9. The summed E-state index contributed by atoms with van der Waals surface area (Å²) in [6.45, 7) is 2.60. The highest BCUT2D eigenvalue weighted by molar-refractivity contribution is 5.81. The number of hydrogen-bond donors (Lipinski definition) is 3. The Kier molecular flexibility index (Phi) is 7.98. The third-order valence-electron chi connectivity index (χ3n) is 4.74. The first-order valence-electron chi connectivity index (χ1n) is 10.2. The van der Waals surface area contributed by atoms with Gasteiger partial charge in [-0.05, 0) is 49.1 Å². The number of hydrogen-bond acceptors (Lipinski definition) is 4. The van der Waals surface area contributed by atoms with Crippen LogP contribution < -0.4 is 20.7 Å². The SMILES string of the molecule is COc1ccc(CCNC(=NCCc2ccco2)NCCNC(=O)C2CC2)cc1. The Bertz CT molecular complexity index is 768. The monoisotopic (exact) mass is 398 g/mol. The molecule has 1 aliphatic carbocycles. The average molecular weight is 399 g/mol. The molecule has 3 rings (SSSR count). The lowest BCUT2D eigenvalue weighted by molar-refractivity contribution is -0.122. The number of carbonyl (C=O) groups is 1. The number of nitrogens with one attached hydrogen (secondary N) is 3. The van der Waals surface area contributed by atoms with E-state index in [1.807, 2.05) is 24.3 Å². The van der Waals surface area contributed by atoms with Crippen LogP contribution in [0.4, 0.5) is 0 Å². The van der Waals surface area contributed by atoms with Gasteiger partial charge in [0.05, 0.1) is 13.4 Å². The molecule has 0 bridgehead atoms. The minimum absolute atomic E-state index is 0.163. The number of methoxy groups -OCH3 is 1. The minimum Gasteiger partial charge on any atom is -0.497 e. The molecule has 3 N–H and O–H groups in total. The highest BCUT2D eigenvalue weighted by atomic mass is 16.5. The van der Waals surface area contributed by atoms with Crippen LogP contribution in [0, 0.1) is 5.92 Å². The fourth-order valence-electron chi connectivity index (χ4n) is 2.88. The van der Waals surface area contributed by atoms with E-state index in [0.717, 1.165) is 49.7 Å². The van der Waals surface area contributed by atoms with E-state index in [2.05, 4.69) is 33.1 Å². The van der Waals surface area contributed by atoms with Crippen LogP contribution in [0.1, 0.15) is 24.2 Å². The fourth-order valence-corrected chi connectivity index (χ4v) is 2.88. The Labute approximate surface area is 171 Å². The van der Waals surface area contributed by atoms with Crippen LogP contribution >= 0.6 is 0 Å². The molecule has 0 saturated heterocycles. The summed E-state index contributed by atoms with van der Waals surface area (Å²) in [5, 5.41) is 9.62. The lowest BCUT2D eigenvalue weighted by Gasteiger charge is -2.13. The van der Waals surface area contributed by atoms with E-state index in [9.17, 15) is 4.79 Å². The molecule has 0 radical (unpaired) electrons. The number of carbonyl (C=O) groups excluding carboxylic acids is 1. The van der Waals surface area contributed by atoms with Crippen molar-refractivity contribution in [1.29, 1.82) is 0 Å². The van der Waals surface area contributed by atoms with Gasteiger partial charge in [0.15, 0.2) is 5.96 Å². The molecule has 156 valence electrons. The van der Waals surface area contributed by atoms with Gasteiger partial charge in [0.1, 0.15) is 11.5 Å². The third kappa shape index (κ3) is 7.52. The van der Waals surface area contributed by atoms with Crippen molar-refractivity contribution in [3.8, 4) is 5.75 Å². The van der Waals surface area contributed by atoms with Crippen LogP contribution in [0.15, 0.2) is 52.1 Å². The van der Waals surface area contributed by atoms with Crippen molar-refractivity contribution in [2.45, 2.75) is 25.7 Å². The second-order valence-corrected chi connectivity index (χ2v) is 7.08. The highest BCUT2D eigenvalue weighted by Crippen LogP contribution is 2.28. The summed E-state index contributed by atoms with van der Waals surface area (Å²) in [5.74, 6) is 2.92. The van der Waals surface area contributed by atoms with Gasteiger partial charge in [-0.15, -0.1) is 0 Å². The maximum atomic E-state index is 11.7. The van der Waals surface area contributed by atoms with Gasteiger partial charge >= 0.3 is 0 Å². The van der Waals surface area contributed by atoms with Gasteiger partial charge in [0, 0.05) is 38.5 Å². The molecule has 0 spiro atoms. The van der Waals surface area contributed by atoms with Gasteiger partial charge in [0.25, 0.3) is 0 Å². The lowest BCUT2D eigenvalue weighted by Crippen LogP contribution is -2.42. The van der Waals surface area contributed by atoms with E-state index in [1.165, 1.54) is 5.56 Å². The van der Waals surface area contributed by atoms with Crippen molar-refractivity contribution in [3.05, 3.63) is 54.0 Å². The molecule has 1 aliphatic rings. The normalized spacial score (nSPS) is 13.8. The van der Waals surface area contributed by atoms with Crippen molar-refractivity contribution in [3.63, 3.8) is 0 Å². The molecule has 0 atom stereocenters. The first kappa shape index (κ1) is 20.8. The second-order valence-electron chi connectivity index (χ2n) is 7.08. The first-order valence-corrected chi connectivity index (χ1v) is 10.2. The Morgan fingerprint density at radius 3 is 2.52 bits per heavy atom. The number of aliphatic imine (C=N–C) groups is 1. The number of benzene rings is 1. The predicted molar refractivity (Wildman–Crippen MR) is 113 cm³/mol. The molecule has 1 aromatic heterocycles. The summed E-state index contributed by atoms with van der Waals surface area (Å²) in [4.78, 5) is 16.3. The van der Waals surface area contributed by atoms with Crippen LogP contribution in [-0.4, -0.2) is 45.2 Å². The summed E-state index contributed by atoms with van der Waals surface area (Å²) in [6, 6.07) is 11.9. The van der Waals surface area contributed by atoms with Crippen molar-refractivity contribution in [2.75, 3.05) is 33.3 Å². The zero-order chi connectivity index (χ0) is 20.3. The van der Waals surface area contributed by atoms with E-state index < -0.39 is 0 Å². The quantitative estimate of drug-likeness (QED) is 0.307. The number of nitrogens with zero attached hydrogens (tertiary/aromatic N) is 1. The van der Waals surface area contributed by atoms with Gasteiger partial charge in [-0.1, -0.05) is 12.1 Å². The molecule has 7 heteroatoms. The largest absolute Gasteiger partial charge is 0.497 e. The molecule has 1 saturated carbocycles. The summed E-state index contributed by atoms with van der Waals surface area (Å²) in [5.41, 5.74) is 1.23. The van der Waals surface area contributed by atoms with E-state index >= 15 is 0 Å². The van der Waals surface area contributed by atoms with Gasteiger partial charge in [-0.25, -0.2) is 0 Å². The molecule has 1 amide bonds. The number of furan rings is 1. The Morgan fingerprint density at radius 2 is 1.83 bits per heavy atom. The van der Waals surface area contributed by atoms with Crippen molar-refractivity contribution in [1.82, 2.24) is 16.0 Å². The molecule has 0 unspecified atom stereocenters. The van der Waals surface area contributed by atoms with E-state index in [4.69, 9.17) is 9.15 Å². The number of amides is 1. The summed E-state index contributed by atoms with van der Waals surface area (Å²) >= 11 is 0. The summed E-state index contributed by atoms with van der Waals surface area (Å²) in [7, 11) is 1.67. The molecule has 2 aromatic rings. The van der Waals surface area contributed by atoms with Gasteiger partial charge in [0.2, 0.25) is 5.91 Å². The molecular weight excluding hydrogens is 368 g/mol. The molecule has 1 aromatic carbocycles. The van der Waals surface area contributed by atoms with Crippen LogP contribution in [0.5, 0.6) is 5.75 Å². The Morgan fingerprint density at radius 1 is 1.07 bits per heavy atom. The topological polar surface area (TPSA) is 87.9 Å². The summed E-state index contributed by atoms with van der Waals surface area (Å²) < 4.78 is 10.6. The summed E-state index contributed by atoms with van der Waals surface area (Å²) in [6.07, 6.45) is 5.34. The Balaban J connectivity index is 1.43. The minimum atomic E-state index is 0.163. The van der Waals surface area contributed by atoms with Crippen LogP contribution in [0.3, 0.4) is 0 Å². The maximum Gasteiger partial charge on any atom is 0.223 e. The van der Waals surface area contributed by atoms with Crippen molar-refractivity contribution >= 4 is 11.9 Å². The molecule has 7 nitrogen and oxygen atoms in total. The first-order chi connectivity index (χ1) is 14.2. The number of ether oxygens (including phenoxy) is 1. The average Bonchev–Trinajstić information content (AvgIpc) is 3.47. The van der Waals surface area contributed by atoms with Crippen LogP contribution in [0.2, 0.25) is 0 Å². The number of rotatable bonds is 11. The molecular formula is C22H30N4O3. The van der Waals surface area contributed by atoms with Crippen molar-refractivity contribution in [2.24, 2.45) is 10.9 Å². The van der Waals surface area contributed by atoms with Crippen LogP contribution in [0.25, 0.3) is 0 Å². The molecule has 0 aliphatic heterocycles. The fraction of sp³-hybridized carbons (Fsp3) is 0.455. The van der Waals surface area contributed by atoms with E-state index in [0.29, 0.717) is 19.6 Å². The molecule has 1 fully saturated rings. The third-order valence-corrected chi connectivity index (χ3v) is 4.74. The smallest absolute Gasteiger partial charge is 0.223 e. The lowest BCUT2D eigenvalue weighted by atomic mass is 10.1. The van der Waals surface area contributed by atoms with E-state index in [1.54, 1.807) is 13.4 Å². The van der Waals surface area contributed by atoms with Gasteiger partial charge in [-0.3, -0.25) is 9.79 Å². The molecule has 29 heavy (non-hydrogen) atoms. The second kappa shape index (κ2) is 11.1. The van der Waals surface area contributed by atoms with Gasteiger partial charge in [-0.2, -0.15) is 0 Å². The highest BCUT2D eigenvalue weighted by Gasteiger charge is 2.28. The Hall–Kier alpha value is -2.96. The van der Waals surface area contributed by atoms with E-state index in [-0.39, 0.29) is 11.8 Å². The maximum absolute atomic E-state index is 11.7. The predicted octanol–water partition coefficient (Wildman–Crippen LogP) is 2.13. The molecule has 1 heterocycles. The van der Waals surface area contributed by atoms with Gasteiger partial charge < -0.3 is 25.1 Å². The number of guanidine groups is 1. The van der Waals surface area contributed by atoms with Crippen LogP contribution in [-0.2, 0) is 17.6 Å². The standard InChI is InChI=1S/C22H30N4O3/c1-28-19-8-4-17(5-9-19)10-12-24-22(25-13-11-20-3-2-16-29-20)26-15-14-23-21(27)18-6-7-18/h2-5,8-9,16,18H,6-7,10-15H2,1H3,(H,23,27)(H2,24,25,26). The zero-order valence-corrected chi connectivity index (χ0v) is 16.9.